The van der Waals surface area contributed by atoms with Gasteiger partial charge in [-0.2, -0.15) is 5.10 Å². The third-order valence-electron chi connectivity index (χ3n) is 1.90. The maximum absolute atomic E-state index is 5.79. The molecule has 78 valence electrons. The molecule has 0 aromatic carbocycles. The highest BCUT2D eigenvalue weighted by atomic mass is 79.9. The molecule has 0 unspecified atom stereocenters. The van der Waals surface area contributed by atoms with Gasteiger partial charge in [0.1, 0.15) is 0 Å². The maximum Gasteiger partial charge on any atom is 0.157 e. The van der Waals surface area contributed by atoms with E-state index in [1.165, 1.54) is 0 Å². The van der Waals surface area contributed by atoms with Crippen LogP contribution in [0.4, 0.5) is 0 Å². The molecule has 2 aromatic rings. The van der Waals surface area contributed by atoms with Gasteiger partial charge in [-0.3, -0.25) is 0 Å². The van der Waals surface area contributed by atoms with E-state index >= 15 is 0 Å². The predicted octanol–water partition coefficient (Wildman–Crippen LogP) is 2.14. The van der Waals surface area contributed by atoms with Crippen molar-refractivity contribution in [3.63, 3.8) is 0 Å². The second-order valence-corrected chi connectivity index (χ2v) is 4.30. The van der Waals surface area contributed by atoms with Gasteiger partial charge in [0.15, 0.2) is 5.82 Å². The van der Waals surface area contributed by atoms with Gasteiger partial charge in [0.05, 0.1) is 17.4 Å². The van der Waals surface area contributed by atoms with Crippen molar-refractivity contribution < 1.29 is 0 Å². The molecule has 0 bridgehead atoms. The number of aromatic nitrogens is 3. The number of hydrogen-bond donors (Lipinski definition) is 1. The summed E-state index contributed by atoms with van der Waals surface area (Å²) in [4.78, 5) is 4.25. The number of hydrogen-bond acceptors (Lipinski definition) is 3. The van der Waals surface area contributed by atoms with Gasteiger partial charge in [-0.25, -0.2) is 9.67 Å². The largest absolute Gasteiger partial charge is 0.326 e. The lowest BCUT2D eigenvalue weighted by Crippen LogP contribution is -2.07. The molecule has 2 heterocycles. The first-order valence-corrected chi connectivity index (χ1v) is 5.43. The van der Waals surface area contributed by atoms with Gasteiger partial charge < -0.3 is 5.73 Å². The van der Waals surface area contributed by atoms with Crippen LogP contribution in [0.3, 0.4) is 0 Å². The maximum atomic E-state index is 5.79. The van der Waals surface area contributed by atoms with Crippen molar-refractivity contribution in [1.29, 1.82) is 0 Å². The van der Waals surface area contributed by atoms with Crippen molar-refractivity contribution in [2.24, 2.45) is 5.73 Å². The lowest BCUT2D eigenvalue weighted by Gasteiger charge is -2.06. The Hall–Kier alpha value is -0.910. The molecular weight excluding hydrogens is 279 g/mol. The minimum atomic E-state index is 0.402. The molecule has 0 amide bonds. The van der Waals surface area contributed by atoms with E-state index < -0.39 is 0 Å². The molecule has 0 aliphatic carbocycles. The summed E-state index contributed by atoms with van der Waals surface area (Å²) >= 11 is 9.13. The summed E-state index contributed by atoms with van der Waals surface area (Å²) < 4.78 is 2.50. The summed E-state index contributed by atoms with van der Waals surface area (Å²) in [6.45, 7) is 0.402. The van der Waals surface area contributed by atoms with Crippen LogP contribution in [0.5, 0.6) is 0 Å². The summed E-state index contributed by atoms with van der Waals surface area (Å²) in [5.74, 6) is 0.701. The zero-order valence-electron chi connectivity index (χ0n) is 7.69. The van der Waals surface area contributed by atoms with Gasteiger partial charge in [0.25, 0.3) is 0 Å². The van der Waals surface area contributed by atoms with E-state index in [-0.39, 0.29) is 0 Å². The topological polar surface area (TPSA) is 56.7 Å². The van der Waals surface area contributed by atoms with Crippen molar-refractivity contribution in [3.8, 4) is 5.82 Å². The number of nitrogens with zero attached hydrogens (tertiary/aromatic N) is 3. The second kappa shape index (κ2) is 4.30. The first kappa shape index (κ1) is 10.6. The molecule has 6 heteroatoms. The summed E-state index contributed by atoms with van der Waals surface area (Å²) in [6, 6.07) is 1.91. The Bertz CT molecular complexity index is 483. The molecule has 15 heavy (non-hydrogen) atoms. The van der Waals surface area contributed by atoms with Crippen LogP contribution >= 0.6 is 27.5 Å². The number of pyridine rings is 1. The van der Waals surface area contributed by atoms with Gasteiger partial charge in [-0.15, -0.1) is 0 Å². The standard InChI is InChI=1S/C9H8BrClN4/c10-7-1-6(2-12)9(13-3-7)15-5-8(11)4-14-15/h1,3-5H,2,12H2. The van der Waals surface area contributed by atoms with Crippen molar-refractivity contribution in [2.45, 2.75) is 6.54 Å². The second-order valence-electron chi connectivity index (χ2n) is 2.94. The molecule has 2 aromatic heterocycles. The fourth-order valence-electron chi connectivity index (χ4n) is 1.25. The molecule has 0 saturated carbocycles. The SMILES string of the molecule is NCc1cc(Br)cnc1-n1cc(Cl)cn1. The molecular formula is C9H8BrClN4. The fraction of sp³-hybridized carbons (Fsp3) is 0.111. The minimum absolute atomic E-state index is 0.402. The van der Waals surface area contributed by atoms with Crippen LogP contribution in [-0.4, -0.2) is 14.8 Å². The average Bonchev–Trinajstić information content (AvgIpc) is 2.64. The normalized spacial score (nSPS) is 10.6. The van der Waals surface area contributed by atoms with Crippen LogP contribution < -0.4 is 5.73 Å². The van der Waals surface area contributed by atoms with Gasteiger partial charge in [0.2, 0.25) is 0 Å². The highest BCUT2D eigenvalue weighted by Crippen LogP contribution is 2.17. The van der Waals surface area contributed by atoms with Gasteiger partial charge in [-0.05, 0) is 22.0 Å². The molecule has 0 radical (unpaired) electrons. The molecule has 4 nitrogen and oxygen atoms in total. The average molecular weight is 288 g/mol. The van der Waals surface area contributed by atoms with Crippen molar-refractivity contribution in [2.75, 3.05) is 0 Å². The van der Waals surface area contributed by atoms with Crippen LogP contribution in [0.15, 0.2) is 29.1 Å². The summed E-state index contributed by atoms with van der Waals surface area (Å²) in [6.07, 6.45) is 4.95. The van der Waals surface area contributed by atoms with E-state index in [1.807, 2.05) is 6.07 Å². The first-order chi connectivity index (χ1) is 7.20. The Morgan fingerprint density at radius 2 is 2.27 bits per heavy atom. The highest BCUT2D eigenvalue weighted by molar-refractivity contribution is 9.10. The Morgan fingerprint density at radius 3 is 2.87 bits per heavy atom. The fourth-order valence-corrected chi connectivity index (χ4v) is 1.76. The number of rotatable bonds is 2. The first-order valence-electron chi connectivity index (χ1n) is 4.25. The van der Waals surface area contributed by atoms with E-state index in [9.17, 15) is 0 Å². The number of halogens is 2. The third-order valence-corrected chi connectivity index (χ3v) is 2.53. The van der Waals surface area contributed by atoms with E-state index in [4.69, 9.17) is 17.3 Å². The van der Waals surface area contributed by atoms with E-state index in [0.29, 0.717) is 17.4 Å². The molecule has 0 atom stereocenters. The molecule has 0 aliphatic heterocycles. The zero-order valence-corrected chi connectivity index (χ0v) is 10.0. The lowest BCUT2D eigenvalue weighted by molar-refractivity contribution is 0.822. The Balaban J connectivity index is 2.52. The monoisotopic (exact) mass is 286 g/mol. The molecule has 2 N–H and O–H groups in total. The highest BCUT2D eigenvalue weighted by Gasteiger charge is 2.06. The van der Waals surface area contributed by atoms with Crippen LogP contribution in [0.25, 0.3) is 5.82 Å². The van der Waals surface area contributed by atoms with Crippen LogP contribution in [-0.2, 0) is 6.54 Å². The van der Waals surface area contributed by atoms with Crippen molar-refractivity contribution >= 4 is 27.5 Å². The van der Waals surface area contributed by atoms with Gasteiger partial charge in [0, 0.05) is 22.8 Å². The Kier molecular flexibility index (Phi) is 3.04. The Morgan fingerprint density at radius 1 is 1.47 bits per heavy atom. The van der Waals surface area contributed by atoms with Gasteiger partial charge in [-0.1, -0.05) is 11.6 Å². The molecule has 0 saturated heterocycles. The van der Waals surface area contributed by atoms with E-state index in [2.05, 4.69) is 26.0 Å². The van der Waals surface area contributed by atoms with Crippen molar-refractivity contribution in [3.05, 3.63) is 39.7 Å². The number of nitrogens with two attached hydrogens (primary N) is 1. The van der Waals surface area contributed by atoms with Crippen molar-refractivity contribution in [1.82, 2.24) is 14.8 Å². The van der Waals surface area contributed by atoms with Crippen LogP contribution in [0, 0.1) is 0 Å². The zero-order chi connectivity index (χ0) is 10.8. The Labute approximate surface area is 100 Å². The third kappa shape index (κ3) is 2.19. The van der Waals surface area contributed by atoms with E-state index in [1.54, 1.807) is 23.3 Å². The quantitative estimate of drug-likeness (QED) is 0.920. The summed E-state index contributed by atoms with van der Waals surface area (Å²) in [5, 5.41) is 4.65. The molecule has 2 rings (SSSR count). The predicted molar refractivity (Wildman–Crippen MR) is 62.0 cm³/mol. The summed E-state index contributed by atoms with van der Waals surface area (Å²) in [5.41, 5.74) is 6.54. The smallest absolute Gasteiger partial charge is 0.157 e. The van der Waals surface area contributed by atoms with Crippen LogP contribution in [0.1, 0.15) is 5.56 Å². The molecule has 0 spiro atoms. The van der Waals surface area contributed by atoms with E-state index in [0.717, 1.165) is 10.0 Å². The summed E-state index contributed by atoms with van der Waals surface area (Å²) in [7, 11) is 0. The minimum Gasteiger partial charge on any atom is -0.326 e. The molecule has 0 fully saturated rings. The van der Waals surface area contributed by atoms with Crippen LogP contribution in [0.2, 0.25) is 5.02 Å². The lowest BCUT2D eigenvalue weighted by atomic mass is 10.2. The van der Waals surface area contributed by atoms with Gasteiger partial charge >= 0.3 is 0 Å². The molecule has 0 aliphatic rings.